The number of carbonyl (C=O) groups excluding carboxylic acids is 1. The van der Waals surface area contributed by atoms with Crippen LogP contribution in [0.25, 0.3) is 0 Å². The molecular formula is C6H7ClN2O2S. The lowest BCUT2D eigenvalue weighted by Gasteiger charge is -2.01. The van der Waals surface area contributed by atoms with Crippen molar-refractivity contribution in [1.82, 2.24) is 4.98 Å². The summed E-state index contributed by atoms with van der Waals surface area (Å²) in [5, 5.41) is 11.6. The fourth-order valence-corrected chi connectivity index (χ4v) is 1.34. The number of anilines is 1. The van der Waals surface area contributed by atoms with E-state index in [1.165, 1.54) is 13.1 Å². The first kappa shape index (κ1) is 9.44. The van der Waals surface area contributed by atoms with Gasteiger partial charge in [0.2, 0.25) is 0 Å². The van der Waals surface area contributed by atoms with E-state index in [0.717, 1.165) is 11.3 Å². The maximum Gasteiger partial charge on any atom is 0.254 e. The number of aromatic nitrogens is 1. The number of hydrogen-bond acceptors (Lipinski definition) is 4. The van der Waals surface area contributed by atoms with E-state index in [4.69, 9.17) is 16.7 Å². The molecule has 2 N–H and O–H groups in total. The Labute approximate surface area is 78.2 Å². The topological polar surface area (TPSA) is 62.2 Å². The molecule has 1 heterocycles. The Morgan fingerprint density at radius 1 is 1.92 bits per heavy atom. The third kappa shape index (κ3) is 2.44. The number of hydrogen-bond donors (Lipinski definition) is 2. The van der Waals surface area contributed by atoms with Crippen molar-refractivity contribution in [1.29, 1.82) is 0 Å². The number of halogens is 1. The molecule has 12 heavy (non-hydrogen) atoms. The Morgan fingerprint density at radius 3 is 3.00 bits per heavy atom. The molecule has 0 aliphatic carbocycles. The molecule has 0 aliphatic heterocycles. The molecule has 6 heteroatoms. The van der Waals surface area contributed by atoms with Gasteiger partial charge in [-0.2, -0.15) is 0 Å². The summed E-state index contributed by atoms with van der Waals surface area (Å²) in [5.41, 5.74) is 0. The second-order valence-electron chi connectivity index (χ2n) is 2.13. The zero-order chi connectivity index (χ0) is 9.14. The number of aliphatic hydroxyl groups excluding tert-OH is 1. The highest BCUT2D eigenvalue weighted by Crippen LogP contribution is 2.22. The van der Waals surface area contributed by atoms with Crippen molar-refractivity contribution in [2.24, 2.45) is 0 Å². The first-order valence-corrected chi connectivity index (χ1v) is 4.39. The molecule has 1 aromatic rings. The number of carbonyl (C=O) groups is 1. The molecule has 1 aromatic heterocycles. The van der Waals surface area contributed by atoms with E-state index in [1.54, 1.807) is 0 Å². The summed E-state index contributed by atoms with van der Waals surface area (Å²) in [4.78, 5) is 14.7. The fourth-order valence-electron chi connectivity index (χ4n) is 0.522. The number of nitrogens with zero attached hydrogens (tertiary/aromatic N) is 1. The van der Waals surface area contributed by atoms with Gasteiger partial charge < -0.3 is 5.11 Å². The summed E-state index contributed by atoms with van der Waals surface area (Å²) in [5.74, 6) is -0.485. The second kappa shape index (κ2) is 3.84. The van der Waals surface area contributed by atoms with Gasteiger partial charge in [0.25, 0.3) is 5.91 Å². The molecule has 0 unspecified atom stereocenters. The zero-order valence-electron chi connectivity index (χ0n) is 6.24. The van der Waals surface area contributed by atoms with Crippen LogP contribution in [0.15, 0.2) is 6.20 Å². The van der Waals surface area contributed by atoms with Gasteiger partial charge in [-0.15, -0.1) is 0 Å². The van der Waals surface area contributed by atoms with Crippen molar-refractivity contribution in [3.8, 4) is 0 Å². The van der Waals surface area contributed by atoms with E-state index in [9.17, 15) is 4.79 Å². The number of amides is 1. The molecule has 0 bridgehead atoms. The van der Waals surface area contributed by atoms with E-state index in [2.05, 4.69) is 10.3 Å². The lowest BCUT2D eigenvalue weighted by atomic mass is 10.4. The smallest absolute Gasteiger partial charge is 0.254 e. The number of aliphatic hydroxyl groups is 1. The fraction of sp³-hybridized carbons (Fsp3) is 0.333. The minimum atomic E-state index is -1.03. The monoisotopic (exact) mass is 206 g/mol. The van der Waals surface area contributed by atoms with Crippen molar-refractivity contribution >= 4 is 34.0 Å². The van der Waals surface area contributed by atoms with Gasteiger partial charge >= 0.3 is 0 Å². The quantitative estimate of drug-likeness (QED) is 0.762. The van der Waals surface area contributed by atoms with Crippen LogP contribution in [0, 0.1) is 0 Å². The molecule has 0 radical (unpaired) electrons. The summed E-state index contributed by atoms with van der Waals surface area (Å²) in [6.07, 6.45) is 0.400. The number of nitrogens with one attached hydrogen (secondary N) is 1. The maximum atomic E-state index is 10.9. The summed E-state index contributed by atoms with van der Waals surface area (Å²) < 4.78 is 0.496. The minimum absolute atomic E-state index is 0.394. The van der Waals surface area contributed by atoms with Crippen LogP contribution in [0.3, 0.4) is 0 Å². The molecule has 0 fully saturated rings. The van der Waals surface area contributed by atoms with Crippen LogP contribution in [0.2, 0.25) is 4.34 Å². The Kier molecular flexibility index (Phi) is 3.02. The molecule has 0 saturated heterocycles. The molecular weight excluding hydrogens is 200 g/mol. The van der Waals surface area contributed by atoms with Gasteiger partial charge in [0.05, 0.1) is 6.20 Å². The molecule has 0 aromatic carbocycles. The maximum absolute atomic E-state index is 10.9. The van der Waals surface area contributed by atoms with Crippen LogP contribution in [-0.2, 0) is 4.79 Å². The molecule has 1 rings (SSSR count). The molecule has 0 saturated carbocycles. The molecule has 1 amide bonds. The normalized spacial score (nSPS) is 12.6. The second-order valence-corrected chi connectivity index (χ2v) is 3.80. The zero-order valence-corrected chi connectivity index (χ0v) is 7.82. The molecule has 66 valence electrons. The molecule has 1 atom stereocenters. The third-order valence-electron chi connectivity index (χ3n) is 1.09. The van der Waals surface area contributed by atoms with Gasteiger partial charge in [-0.05, 0) is 6.92 Å². The minimum Gasteiger partial charge on any atom is -0.384 e. The van der Waals surface area contributed by atoms with E-state index in [0.29, 0.717) is 9.47 Å². The molecule has 4 nitrogen and oxygen atoms in total. The summed E-state index contributed by atoms with van der Waals surface area (Å²) in [6, 6.07) is 0. The first-order valence-electron chi connectivity index (χ1n) is 3.20. The summed E-state index contributed by atoms with van der Waals surface area (Å²) in [7, 11) is 0. The van der Waals surface area contributed by atoms with Crippen LogP contribution in [0.5, 0.6) is 0 Å². The van der Waals surface area contributed by atoms with E-state index in [1.807, 2.05) is 0 Å². The predicted octanol–water partition coefficient (Wildman–Crippen LogP) is 1.12. The summed E-state index contributed by atoms with van der Waals surface area (Å²) in [6.45, 7) is 1.38. The van der Waals surface area contributed by atoms with Gasteiger partial charge in [-0.25, -0.2) is 4.98 Å². The highest BCUT2D eigenvalue weighted by atomic mass is 35.5. The standard InChI is InChI=1S/C6H7ClN2O2S/c1-3(10)5(11)9-6-8-2-4(7)12-6/h2-3,10H,1H3,(H,8,9,11)/t3-/m1/s1. The SMILES string of the molecule is C[C@@H](O)C(=O)Nc1ncc(Cl)s1. The molecule has 0 spiro atoms. The largest absolute Gasteiger partial charge is 0.384 e. The van der Waals surface area contributed by atoms with Crippen molar-refractivity contribution in [2.45, 2.75) is 13.0 Å². The summed E-state index contributed by atoms with van der Waals surface area (Å²) >= 11 is 6.71. The van der Waals surface area contributed by atoms with Crippen LogP contribution >= 0.6 is 22.9 Å². The Bertz CT molecular complexity index is 287. The first-order chi connectivity index (χ1) is 5.59. The Hall–Kier alpha value is -0.650. The predicted molar refractivity (Wildman–Crippen MR) is 47.4 cm³/mol. The van der Waals surface area contributed by atoms with Crippen LogP contribution < -0.4 is 5.32 Å². The average Bonchev–Trinajstić information content (AvgIpc) is 2.35. The van der Waals surface area contributed by atoms with Crippen molar-refractivity contribution in [3.05, 3.63) is 10.5 Å². The van der Waals surface area contributed by atoms with Gasteiger partial charge in [-0.1, -0.05) is 22.9 Å². The van der Waals surface area contributed by atoms with E-state index in [-0.39, 0.29) is 0 Å². The van der Waals surface area contributed by atoms with Crippen LogP contribution in [0.1, 0.15) is 6.92 Å². The van der Waals surface area contributed by atoms with E-state index >= 15 is 0 Å². The lowest BCUT2D eigenvalue weighted by Crippen LogP contribution is -2.24. The van der Waals surface area contributed by atoms with Crippen molar-refractivity contribution in [3.63, 3.8) is 0 Å². The number of thiazole rings is 1. The van der Waals surface area contributed by atoms with Gasteiger partial charge in [0.1, 0.15) is 10.4 Å². The van der Waals surface area contributed by atoms with Crippen molar-refractivity contribution in [2.75, 3.05) is 5.32 Å². The average molecular weight is 207 g/mol. The number of rotatable bonds is 2. The Morgan fingerprint density at radius 2 is 2.58 bits per heavy atom. The third-order valence-corrected chi connectivity index (χ3v) is 2.12. The lowest BCUT2D eigenvalue weighted by molar-refractivity contribution is -0.123. The van der Waals surface area contributed by atoms with Crippen LogP contribution in [0.4, 0.5) is 5.13 Å². The van der Waals surface area contributed by atoms with E-state index < -0.39 is 12.0 Å². The van der Waals surface area contributed by atoms with Crippen LogP contribution in [-0.4, -0.2) is 22.1 Å². The van der Waals surface area contributed by atoms with Gasteiger partial charge in [0, 0.05) is 0 Å². The van der Waals surface area contributed by atoms with Gasteiger partial charge in [-0.3, -0.25) is 10.1 Å². The Balaban J connectivity index is 2.58. The highest BCUT2D eigenvalue weighted by molar-refractivity contribution is 7.19. The van der Waals surface area contributed by atoms with Gasteiger partial charge in [0.15, 0.2) is 5.13 Å². The highest BCUT2D eigenvalue weighted by Gasteiger charge is 2.10. The molecule has 0 aliphatic rings. The van der Waals surface area contributed by atoms with Crippen molar-refractivity contribution < 1.29 is 9.90 Å².